The Labute approximate surface area is 131 Å². The Hall–Kier alpha value is -0.690. The van der Waals surface area contributed by atoms with Gasteiger partial charge >= 0.3 is 0 Å². The maximum absolute atomic E-state index is 4.11. The van der Waals surface area contributed by atoms with Crippen LogP contribution in [-0.4, -0.2) is 31.8 Å². The molecule has 0 unspecified atom stereocenters. The summed E-state index contributed by atoms with van der Waals surface area (Å²) < 4.78 is 0. The largest absolute Gasteiger partial charge is 0.356 e. The lowest BCUT2D eigenvalue weighted by Crippen LogP contribution is -2.38. The molecule has 5 heteroatoms. The molecule has 1 rings (SSSR count). The maximum Gasteiger partial charge on any atom is 0.191 e. The molecule has 0 fully saturated rings. The first-order chi connectivity index (χ1) is 8.36. The number of hydrogen-bond donors (Lipinski definition) is 2. The van der Waals surface area contributed by atoms with Crippen LogP contribution >= 0.6 is 35.7 Å². The van der Waals surface area contributed by atoms with E-state index in [1.807, 2.05) is 23.9 Å². The summed E-state index contributed by atoms with van der Waals surface area (Å²) in [6, 6.07) is 10.4. The number of guanidine groups is 1. The fraction of sp³-hybridized carbons (Fsp3) is 0.308. The molecule has 3 nitrogen and oxygen atoms in total. The number of halogens is 1. The molecule has 0 bridgehead atoms. The van der Waals surface area contributed by atoms with E-state index in [1.165, 1.54) is 4.90 Å². The smallest absolute Gasteiger partial charge is 0.191 e. The molecule has 0 heterocycles. The molecule has 0 aliphatic carbocycles. The van der Waals surface area contributed by atoms with Crippen molar-refractivity contribution in [3.63, 3.8) is 0 Å². The van der Waals surface area contributed by atoms with Crippen molar-refractivity contribution in [1.29, 1.82) is 0 Å². The highest BCUT2D eigenvalue weighted by molar-refractivity contribution is 14.0. The topological polar surface area (TPSA) is 36.4 Å². The SMILES string of the molecule is C=CCNC(=NC)NCCSc1ccccc1.I. The summed E-state index contributed by atoms with van der Waals surface area (Å²) in [5, 5.41) is 6.37. The quantitative estimate of drug-likeness (QED) is 0.200. The van der Waals surface area contributed by atoms with Crippen LogP contribution in [-0.2, 0) is 0 Å². The lowest BCUT2D eigenvalue weighted by atomic mass is 10.4. The zero-order valence-electron chi connectivity index (χ0n) is 10.6. The second-order valence-corrected chi connectivity index (χ2v) is 4.50. The predicted octanol–water partition coefficient (Wildman–Crippen LogP) is 2.75. The van der Waals surface area contributed by atoms with Crippen LogP contribution in [0.3, 0.4) is 0 Å². The summed E-state index contributed by atoms with van der Waals surface area (Å²) in [6.45, 7) is 5.27. The molecule has 0 aliphatic heterocycles. The van der Waals surface area contributed by atoms with Gasteiger partial charge in [0, 0.05) is 30.8 Å². The van der Waals surface area contributed by atoms with Gasteiger partial charge in [0.15, 0.2) is 5.96 Å². The minimum Gasteiger partial charge on any atom is -0.356 e. The van der Waals surface area contributed by atoms with Crippen LogP contribution < -0.4 is 10.6 Å². The highest BCUT2D eigenvalue weighted by Gasteiger charge is 1.95. The van der Waals surface area contributed by atoms with E-state index < -0.39 is 0 Å². The summed E-state index contributed by atoms with van der Waals surface area (Å²) in [6.07, 6.45) is 1.81. The number of nitrogens with one attached hydrogen (secondary N) is 2. The number of hydrogen-bond acceptors (Lipinski definition) is 2. The van der Waals surface area contributed by atoms with Crippen molar-refractivity contribution in [3.05, 3.63) is 43.0 Å². The lowest BCUT2D eigenvalue weighted by Gasteiger charge is -2.09. The molecule has 0 spiro atoms. The zero-order chi connectivity index (χ0) is 12.3. The number of benzene rings is 1. The van der Waals surface area contributed by atoms with Crippen molar-refractivity contribution in [2.45, 2.75) is 4.90 Å². The van der Waals surface area contributed by atoms with E-state index in [2.05, 4.69) is 46.5 Å². The van der Waals surface area contributed by atoms with Gasteiger partial charge in [0.1, 0.15) is 0 Å². The predicted molar refractivity (Wildman–Crippen MR) is 92.1 cm³/mol. The third-order valence-electron chi connectivity index (χ3n) is 2.04. The van der Waals surface area contributed by atoms with E-state index in [0.29, 0.717) is 0 Å². The fourth-order valence-electron chi connectivity index (χ4n) is 1.24. The highest BCUT2D eigenvalue weighted by atomic mass is 127. The molecule has 1 aromatic carbocycles. The zero-order valence-corrected chi connectivity index (χ0v) is 13.7. The van der Waals surface area contributed by atoms with Crippen LogP contribution in [0, 0.1) is 0 Å². The minimum atomic E-state index is 0. The number of thioether (sulfide) groups is 1. The first-order valence-electron chi connectivity index (χ1n) is 5.60. The van der Waals surface area contributed by atoms with Crippen molar-refractivity contribution < 1.29 is 0 Å². The normalized spacial score (nSPS) is 10.4. The Balaban J connectivity index is 0.00000289. The molecular weight excluding hydrogens is 357 g/mol. The van der Waals surface area contributed by atoms with Gasteiger partial charge in [-0.1, -0.05) is 24.3 Å². The number of nitrogens with zero attached hydrogens (tertiary/aromatic N) is 1. The number of rotatable bonds is 6. The van der Waals surface area contributed by atoms with Gasteiger partial charge in [-0.05, 0) is 12.1 Å². The Morgan fingerprint density at radius 1 is 1.33 bits per heavy atom. The average Bonchev–Trinajstić information content (AvgIpc) is 2.39. The summed E-state index contributed by atoms with van der Waals surface area (Å²) in [5.74, 6) is 1.83. The minimum absolute atomic E-state index is 0. The molecular formula is C13H20IN3S. The van der Waals surface area contributed by atoms with Gasteiger partial charge in [-0.25, -0.2) is 0 Å². The van der Waals surface area contributed by atoms with Gasteiger partial charge in [-0.3, -0.25) is 4.99 Å². The van der Waals surface area contributed by atoms with Crippen LogP contribution in [0.4, 0.5) is 0 Å². The van der Waals surface area contributed by atoms with Crippen LogP contribution in [0.15, 0.2) is 52.9 Å². The van der Waals surface area contributed by atoms with E-state index in [9.17, 15) is 0 Å². The van der Waals surface area contributed by atoms with Gasteiger partial charge in [0.25, 0.3) is 0 Å². The van der Waals surface area contributed by atoms with Crippen molar-refractivity contribution in [3.8, 4) is 0 Å². The van der Waals surface area contributed by atoms with Crippen LogP contribution in [0.2, 0.25) is 0 Å². The second-order valence-electron chi connectivity index (χ2n) is 3.33. The van der Waals surface area contributed by atoms with Crippen molar-refractivity contribution in [2.75, 3.05) is 25.9 Å². The van der Waals surface area contributed by atoms with E-state index >= 15 is 0 Å². The Morgan fingerprint density at radius 2 is 2.06 bits per heavy atom. The van der Waals surface area contributed by atoms with Crippen molar-refractivity contribution in [2.24, 2.45) is 4.99 Å². The maximum atomic E-state index is 4.11. The summed E-state index contributed by atoms with van der Waals surface area (Å²) in [5.41, 5.74) is 0. The summed E-state index contributed by atoms with van der Waals surface area (Å²) >= 11 is 1.83. The molecule has 2 N–H and O–H groups in total. The van der Waals surface area contributed by atoms with Crippen molar-refractivity contribution >= 4 is 41.7 Å². The average molecular weight is 377 g/mol. The van der Waals surface area contributed by atoms with Gasteiger partial charge in [-0.2, -0.15) is 0 Å². The third-order valence-corrected chi connectivity index (χ3v) is 3.06. The van der Waals surface area contributed by atoms with E-state index in [0.717, 1.165) is 24.8 Å². The fourth-order valence-corrected chi connectivity index (χ4v) is 2.03. The first kappa shape index (κ1) is 17.3. The van der Waals surface area contributed by atoms with E-state index in [1.54, 1.807) is 7.05 Å². The summed E-state index contributed by atoms with van der Waals surface area (Å²) in [4.78, 5) is 5.40. The first-order valence-corrected chi connectivity index (χ1v) is 6.58. The Bertz CT molecular complexity index is 355. The lowest BCUT2D eigenvalue weighted by molar-refractivity contribution is 0.885. The second kappa shape index (κ2) is 11.4. The molecule has 0 radical (unpaired) electrons. The molecule has 0 aliphatic rings. The van der Waals surface area contributed by atoms with Crippen LogP contribution in [0.1, 0.15) is 0 Å². The molecule has 0 atom stereocenters. The standard InChI is InChI=1S/C13H19N3S.HI/c1-3-9-15-13(14-2)16-10-11-17-12-7-5-4-6-8-12;/h3-8H,1,9-11H2,2H3,(H2,14,15,16);1H. The number of aliphatic imine (C=N–C) groups is 1. The van der Waals surface area contributed by atoms with Gasteiger partial charge in [0.2, 0.25) is 0 Å². The molecule has 0 aromatic heterocycles. The van der Waals surface area contributed by atoms with Crippen LogP contribution in [0.25, 0.3) is 0 Å². The molecule has 0 saturated heterocycles. The summed E-state index contributed by atoms with van der Waals surface area (Å²) in [7, 11) is 1.77. The molecule has 100 valence electrons. The molecule has 0 amide bonds. The molecule has 0 saturated carbocycles. The Morgan fingerprint density at radius 3 is 2.67 bits per heavy atom. The molecule has 1 aromatic rings. The third kappa shape index (κ3) is 7.60. The highest BCUT2D eigenvalue weighted by Crippen LogP contribution is 2.15. The van der Waals surface area contributed by atoms with Gasteiger partial charge in [-0.15, -0.1) is 42.3 Å². The molecule has 18 heavy (non-hydrogen) atoms. The van der Waals surface area contributed by atoms with Gasteiger partial charge < -0.3 is 10.6 Å². The van der Waals surface area contributed by atoms with Gasteiger partial charge in [0.05, 0.1) is 0 Å². The van der Waals surface area contributed by atoms with Crippen molar-refractivity contribution in [1.82, 2.24) is 10.6 Å². The van der Waals surface area contributed by atoms with Crippen LogP contribution in [0.5, 0.6) is 0 Å². The van der Waals surface area contributed by atoms with E-state index in [4.69, 9.17) is 0 Å². The monoisotopic (exact) mass is 377 g/mol. The van der Waals surface area contributed by atoms with E-state index in [-0.39, 0.29) is 24.0 Å². The Kier molecular flexibility index (Phi) is 11.0.